The van der Waals surface area contributed by atoms with Gasteiger partial charge in [-0.2, -0.15) is 0 Å². The molecular weight excluding hydrogens is 354 g/mol. The number of halogens is 1. The minimum Gasteiger partial charge on any atom is -0.347 e. The van der Waals surface area contributed by atoms with E-state index in [0.29, 0.717) is 22.0 Å². The van der Waals surface area contributed by atoms with Crippen molar-refractivity contribution in [2.75, 3.05) is 37.0 Å². The zero-order valence-electron chi connectivity index (χ0n) is 13.3. The Hall–Kier alpha value is -1.64. The van der Waals surface area contributed by atoms with Gasteiger partial charge in [-0.15, -0.1) is 0 Å². The van der Waals surface area contributed by atoms with Crippen LogP contribution in [0.2, 0.25) is 5.02 Å². The highest BCUT2D eigenvalue weighted by atomic mass is 35.5. The molecule has 9 heteroatoms. The summed E-state index contributed by atoms with van der Waals surface area (Å²) in [5.41, 5.74) is 0.526. The fourth-order valence-corrected chi connectivity index (χ4v) is 4.41. The van der Waals surface area contributed by atoms with Gasteiger partial charge in [0.25, 0.3) is 11.8 Å². The Balaban J connectivity index is 1.76. The van der Waals surface area contributed by atoms with Crippen LogP contribution in [0.3, 0.4) is 0 Å². The van der Waals surface area contributed by atoms with Crippen LogP contribution in [0, 0.1) is 0 Å². The van der Waals surface area contributed by atoms with Gasteiger partial charge < -0.3 is 15.5 Å². The van der Waals surface area contributed by atoms with Gasteiger partial charge in [-0.25, -0.2) is 8.42 Å². The Bertz CT molecular complexity index is 723. The first kappa shape index (κ1) is 18.7. The first-order chi connectivity index (χ1) is 11.2. The van der Waals surface area contributed by atoms with Crippen LogP contribution in [0.5, 0.6) is 0 Å². The number of likely N-dealkylation sites (N-methyl/N-ethyl adjacent to an activating group) is 1. The molecule has 0 aromatic heterocycles. The number of nitrogens with one attached hydrogen (secondary N) is 3. The second kappa shape index (κ2) is 7.96. The van der Waals surface area contributed by atoms with E-state index in [9.17, 15) is 18.0 Å². The van der Waals surface area contributed by atoms with E-state index in [4.69, 9.17) is 11.6 Å². The van der Waals surface area contributed by atoms with Gasteiger partial charge in [0.1, 0.15) is 0 Å². The third kappa shape index (κ3) is 5.77. The largest absolute Gasteiger partial charge is 0.347 e. The summed E-state index contributed by atoms with van der Waals surface area (Å²) in [4.78, 5) is 24.6. The van der Waals surface area contributed by atoms with Crippen LogP contribution in [-0.2, 0) is 19.4 Å². The molecule has 0 saturated carbocycles. The fraction of sp³-hybridized carbons (Fsp3) is 0.467. The number of sulfone groups is 1. The number of carbonyl (C=O) groups is 2. The summed E-state index contributed by atoms with van der Waals surface area (Å²) < 4.78 is 22.7. The van der Waals surface area contributed by atoms with Crippen molar-refractivity contribution in [3.8, 4) is 0 Å². The summed E-state index contributed by atoms with van der Waals surface area (Å²) in [5, 5.41) is 5.85. The van der Waals surface area contributed by atoms with Crippen LogP contribution in [0.1, 0.15) is 6.42 Å². The average Bonchev–Trinajstić information content (AvgIpc) is 2.79. The maximum absolute atomic E-state index is 12.0. The van der Waals surface area contributed by atoms with Gasteiger partial charge >= 0.3 is 0 Å². The molecule has 7 nitrogen and oxygen atoms in total. The van der Waals surface area contributed by atoms with Gasteiger partial charge in [-0.3, -0.25) is 9.59 Å². The third-order valence-corrected chi connectivity index (χ3v) is 5.77. The normalized spacial score (nSPS) is 20.3. The molecule has 0 radical (unpaired) electrons. The van der Waals surface area contributed by atoms with Gasteiger partial charge in [-0.05, 0) is 18.6 Å². The topological polar surface area (TPSA) is 96.8 Å². The molecule has 3 N–H and O–H groups in total. The second-order valence-corrected chi connectivity index (χ2v) is 8.64. The Labute approximate surface area is 146 Å². The number of amides is 2. The summed E-state index contributed by atoms with van der Waals surface area (Å²) in [5.74, 6) is -0.414. The number of rotatable bonds is 6. The Kier molecular flexibility index (Phi) is 6.20. The third-order valence-electron chi connectivity index (χ3n) is 3.67. The monoisotopic (exact) mass is 374 g/mol. The van der Waals surface area contributed by atoms with Crippen molar-refractivity contribution in [3.63, 3.8) is 0 Å². The maximum Gasteiger partial charge on any atom is 0.279 e. The molecule has 1 unspecified atom stereocenters. The molecule has 0 aliphatic carbocycles. The standard InChI is InChI=1S/C15H20ClN3O4S/c1-19(8-14(20)17-11-6-7-24(22,23)10-11)9-15(21)18-13-5-3-2-4-12(13)16/h2-5,11H,6-10H2,1H3,(H,17,20)(H,18,21)/p+1/t11-/m1/s1. The lowest BCUT2D eigenvalue weighted by Crippen LogP contribution is -3.11. The van der Waals surface area contributed by atoms with Crippen LogP contribution in [0.4, 0.5) is 5.69 Å². The van der Waals surface area contributed by atoms with Gasteiger partial charge in [0.05, 0.1) is 29.3 Å². The van der Waals surface area contributed by atoms with Crippen molar-refractivity contribution in [1.29, 1.82) is 0 Å². The van der Waals surface area contributed by atoms with Gasteiger partial charge in [0.2, 0.25) is 0 Å². The lowest BCUT2D eigenvalue weighted by molar-refractivity contribution is -0.862. The predicted octanol–water partition coefficient (Wildman–Crippen LogP) is -0.903. The van der Waals surface area contributed by atoms with E-state index in [-0.39, 0.29) is 42.5 Å². The van der Waals surface area contributed by atoms with Crippen LogP contribution >= 0.6 is 11.6 Å². The van der Waals surface area contributed by atoms with Crippen molar-refractivity contribution < 1.29 is 22.9 Å². The molecule has 24 heavy (non-hydrogen) atoms. The highest BCUT2D eigenvalue weighted by Crippen LogP contribution is 2.19. The van der Waals surface area contributed by atoms with Crippen molar-refractivity contribution in [3.05, 3.63) is 29.3 Å². The number of para-hydroxylation sites is 1. The first-order valence-electron chi connectivity index (χ1n) is 7.60. The lowest BCUT2D eigenvalue weighted by atomic mass is 10.2. The van der Waals surface area contributed by atoms with Crippen molar-refractivity contribution in [2.24, 2.45) is 0 Å². The molecule has 2 atom stereocenters. The molecule has 1 aliphatic rings. The van der Waals surface area contributed by atoms with Gasteiger partial charge in [0, 0.05) is 6.04 Å². The molecule has 1 aromatic rings. The summed E-state index contributed by atoms with van der Waals surface area (Å²) in [7, 11) is -1.31. The number of hydrogen-bond acceptors (Lipinski definition) is 4. The van der Waals surface area contributed by atoms with E-state index in [1.807, 2.05) is 0 Å². The predicted molar refractivity (Wildman–Crippen MR) is 91.9 cm³/mol. The van der Waals surface area contributed by atoms with Crippen LogP contribution in [0.15, 0.2) is 24.3 Å². The molecule has 1 aliphatic heterocycles. The Morgan fingerprint density at radius 3 is 2.54 bits per heavy atom. The van der Waals surface area contributed by atoms with Crippen molar-refractivity contribution in [1.82, 2.24) is 5.32 Å². The molecule has 2 amide bonds. The number of carbonyl (C=O) groups excluding carboxylic acids is 2. The lowest BCUT2D eigenvalue weighted by Gasteiger charge is -2.16. The highest BCUT2D eigenvalue weighted by Gasteiger charge is 2.29. The fourth-order valence-electron chi connectivity index (χ4n) is 2.56. The number of quaternary nitrogens is 1. The molecular formula is C15H21ClN3O4S+. The summed E-state index contributed by atoms with van der Waals surface area (Å²) >= 11 is 5.97. The van der Waals surface area contributed by atoms with Crippen LogP contribution < -0.4 is 15.5 Å². The average molecular weight is 375 g/mol. The second-order valence-electron chi connectivity index (χ2n) is 6.01. The zero-order chi connectivity index (χ0) is 17.7. The summed E-state index contributed by atoms with van der Waals surface area (Å²) in [6.45, 7) is 0.189. The number of hydrogen-bond donors (Lipinski definition) is 3. The molecule has 1 aromatic carbocycles. The Morgan fingerprint density at radius 2 is 1.92 bits per heavy atom. The van der Waals surface area contributed by atoms with Crippen molar-refractivity contribution >= 4 is 38.9 Å². The van der Waals surface area contributed by atoms with E-state index in [1.165, 1.54) is 0 Å². The molecule has 0 spiro atoms. The van der Waals surface area contributed by atoms with E-state index < -0.39 is 9.84 Å². The SMILES string of the molecule is C[NH+](CC(=O)Nc1ccccc1Cl)CC(=O)N[C@@H]1CCS(=O)(=O)C1. The van der Waals surface area contributed by atoms with E-state index in [0.717, 1.165) is 0 Å². The highest BCUT2D eigenvalue weighted by molar-refractivity contribution is 7.91. The number of benzene rings is 1. The zero-order valence-corrected chi connectivity index (χ0v) is 14.9. The quantitative estimate of drug-likeness (QED) is 0.601. The van der Waals surface area contributed by atoms with Gasteiger partial charge in [-0.1, -0.05) is 23.7 Å². The summed E-state index contributed by atoms with van der Waals surface area (Å²) in [6, 6.07) is 6.58. The molecule has 2 rings (SSSR count). The van der Waals surface area contributed by atoms with Crippen LogP contribution in [-0.4, -0.2) is 57.9 Å². The molecule has 132 valence electrons. The molecule has 1 saturated heterocycles. The molecule has 1 heterocycles. The van der Waals surface area contributed by atoms with E-state index in [2.05, 4.69) is 10.6 Å². The summed E-state index contributed by atoms with van der Waals surface area (Å²) in [6.07, 6.45) is 0.445. The Morgan fingerprint density at radius 1 is 1.25 bits per heavy atom. The minimum atomic E-state index is -3.03. The van der Waals surface area contributed by atoms with Crippen molar-refractivity contribution in [2.45, 2.75) is 12.5 Å². The molecule has 0 bridgehead atoms. The van der Waals surface area contributed by atoms with Gasteiger partial charge in [0.15, 0.2) is 22.9 Å². The van der Waals surface area contributed by atoms with E-state index >= 15 is 0 Å². The van der Waals surface area contributed by atoms with Crippen LogP contribution in [0.25, 0.3) is 0 Å². The number of anilines is 1. The maximum atomic E-state index is 12.0. The smallest absolute Gasteiger partial charge is 0.279 e. The minimum absolute atomic E-state index is 0.00915. The van der Waals surface area contributed by atoms with E-state index in [1.54, 1.807) is 31.3 Å². The molecule has 1 fully saturated rings. The first-order valence-corrected chi connectivity index (χ1v) is 9.80.